The van der Waals surface area contributed by atoms with Crippen molar-refractivity contribution < 1.29 is 27.6 Å². The van der Waals surface area contributed by atoms with Gasteiger partial charge in [-0.1, -0.05) is 25.1 Å². The molecule has 7 rings (SSSR count). The van der Waals surface area contributed by atoms with Crippen LogP contribution in [0, 0.1) is 5.92 Å². The first-order valence-electron chi connectivity index (χ1n) is 14.6. The van der Waals surface area contributed by atoms with Crippen LogP contribution < -0.4 is 10.0 Å². The van der Waals surface area contributed by atoms with Gasteiger partial charge in [-0.05, 0) is 69.3 Å². The van der Waals surface area contributed by atoms with E-state index < -0.39 is 24.9 Å². The fraction of sp³-hybridized carbons (Fsp3) is 0.484. The smallest absolute Gasteiger partial charge is 0.405 e. The average molecular weight is 599 g/mol. The highest BCUT2D eigenvalue weighted by atomic mass is 31.2. The van der Waals surface area contributed by atoms with E-state index in [0.29, 0.717) is 36.1 Å². The molecule has 0 saturated heterocycles. The molecule has 1 unspecified atom stereocenters. The van der Waals surface area contributed by atoms with E-state index in [2.05, 4.69) is 4.74 Å². The van der Waals surface area contributed by atoms with Crippen molar-refractivity contribution in [3.05, 3.63) is 48.3 Å². The number of rotatable bonds is 8. The average Bonchev–Trinajstić information content (AvgIpc) is 3.85. The summed E-state index contributed by atoms with van der Waals surface area (Å²) in [7, 11) is -1.01. The van der Waals surface area contributed by atoms with Crippen molar-refractivity contribution in [1.29, 1.82) is 0 Å². The summed E-state index contributed by atoms with van der Waals surface area (Å²) in [6.45, 7) is 3.33. The lowest BCUT2D eigenvalue weighted by molar-refractivity contribution is -0.274. The molecule has 3 saturated carbocycles. The van der Waals surface area contributed by atoms with E-state index in [-0.39, 0.29) is 17.5 Å². The summed E-state index contributed by atoms with van der Waals surface area (Å²) >= 11 is 0. The van der Waals surface area contributed by atoms with E-state index in [1.807, 2.05) is 40.7 Å². The van der Waals surface area contributed by atoms with Gasteiger partial charge in [0.2, 0.25) is 0 Å². The molecule has 4 aromatic rings. The van der Waals surface area contributed by atoms with Crippen LogP contribution in [0.15, 0.2) is 42.6 Å². The quantitative estimate of drug-likeness (QED) is 0.221. The number of aromatic nitrogens is 4. The summed E-state index contributed by atoms with van der Waals surface area (Å²) in [6.07, 6.45) is 2.96. The van der Waals surface area contributed by atoms with Gasteiger partial charge in [-0.2, -0.15) is 5.10 Å². The Morgan fingerprint density at radius 1 is 1.12 bits per heavy atom. The van der Waals surface area contributed by atoms with Gasteiger partial charge in [-0.25, -0.2) is 4.98 Å². The summed E-state index contributed by atoms with van der Waals surface area (Å²) in [5.41, 5.74) is 2.99. The van der Waals surface area contributed by atoms with Crippen LogP contribution in [0.3, 0.4) is 0 Å². The number of benzene rings is 2. The van der Waals surface area contributed by atoms with Gasteiger partial charge in [0.15, 0.2) is 0 Å². The number of fused-ring (bicyclic) bond motifs is 1. The van der Waals surface area contributed by atoms with Crippen molar-refractivity contribution in [2.24, 2.45) is 13.0 Å². The topological polar surface area (TPSA) is 82.2 Å². The summed E-state index contributed by atoms with van der Waals surface area (Å²) in [4.78, 5) is 4.98. The van der Waals surface area contributed by atoms with Gasteiger partial charge in [0.05, 0.1) is 28.4 Å². The van der Waals surface area contributed by atoms with Crippen molar-refractivity contribution in [2.45, 2.75) is 69.4 Å². The fourth-order valence-corrected chi connectivity index (χ4v) is 7.65. The molecule has 0 radical (unpaired) electrons. The van der Waals surface area contributed by atoms with E-state index in [0.717, 1.165) is 53.5 Å². The van der Waals surface area contributed by atoms with E-state index in [4.69, 9.17) is 10.1 Å². The number of alkyl halides is 3. The molecule has 7 nitrogen and oxygen atoms in total. The minimum absolute atomic E-state index is 0.135. The van der Waals surface area contributed by atoms with E-state index in [1.165, 1.54) is 6.07 Å². The minimum atomic E-state index is -4.92. The first kappa shape index (κ1) is 27.7. The molecule has 0 spiro atoms. The molecular weight excluding hydrogens is 564 g/mol. The molecule has 11 heteroatoms. The maximum absolute atomic E-state index is 13.6. The Labute approximate surface area is 242 Å². The molecule has 1 atom stereocenters. The van der Waals surface area contributed by atoms with Crippen molar-refractivity contribution in [2.75, 3.05) is 12.8 Å². The molecule has 222 valence electrons. The van der Waals surface area contributed by atoms with Crippen molar-refractivity contribution in [3.8, 4) is 28.4 Å². The van der Waals surface area contributed by atoms with E-state index in [9.17, 15) is 22.8 Å². The van der Waals surface area contributed by atoms with Crippen molar-refractivity contribution >= 4 is 23.3 Å². The van der Waals surface area contributed by atoms with Gasteiger partial charge in [0.1, 0.15) is 18.7 Å². The molecule has 0 aliphatic heterocycles. The van der Waals surface area contributed by atoms with E-state index in [1.54, 1.807) is 25.7 Å². The van der Waals surface area contributed by atoms with Gasteiger partial charge in [-0.3, -0.25) is 4.68 Å². The van der Waals surface area contributed by atoms with Crippen molar-refractivity contribution in [1.82, 2.24) is 19.3 Å². The van der Waals surface area contributed by atoms with Crippen LogP contribution in [0.1, 0.15) is 63.1 Å². The molecule has 2 heterocycles. The second-order valence-corrected chi connectivity index (χ2v) is 15.8. The molecule has 2 aromatic carbocycles. The number of halogens is 3. The first-order chi connectivity index (χ1) is 19.9. The molecule has 0 amide bonds. The van der Waals surface area contributed by atoms with Crippen LogP contribution in [0.5, 0.6) is 5.75 Å². The Bertz CT molecular complexity index is 1750. The van der Waals surface area contributed by atoms with Gasteiger partial charge in [0, 0.05) is 47.3 Å². The Morgan fingerprint density at radius 3 is 2.50 bits per heavy atom. The Balaban J connectivity index is 1.33. The van der Waals surface area contributed by atoms with Crippen LogP contribution in [0.25, 0.3) is 33.5 Å². The second-order valence-electron chi connectivity index (χ2n) is 12.4. The molecule has 3 fully saturated rings. The lowest BCUT2D eigenvalue weighted by Gasteiger charge is -2.44. The lowest BCUT2D eigenvalue weighted by Crippen LogP contribution is -2.46. The lowest BCUT2D eigenvalue weighted by atomic mass is 9.72. The SMILES string of the molecule is CCP(C)(=O)c1ccc(-c2nc(-c3cccc4nn(C5CC(O)(C6CC6)C5)cc34)c(C3CC3)n2C)c(OC(F)(F)F)c1. The van der Waals surface area contributed by atoms with Gasteiger partial charge in [-0.15, -0.1) is 13.2 Å². The summed E-state index contributed by atoms with van der Waals surface area (Å²) in [6, 6.07) is 10.4. The predicted molar refractivity (Wildman–Crippen MR) is 156 cm³/mol. The zero-order chi connectivity index (χ0) is 29.6. The zero-order valence-corrected chi connectivity index (χ0v) is 24.8. The highest BCUT2D eigenvalue weighted by molar-refractivity contribution is 7.70. The van der Waals surface area contributed by atoms with Crippen LogP contribution >= 0.6 is 7.14 Å². The molecular formula is C31H34F3N4O3P. The number of hydrogen-bond donors (Lipinski definition) is 1. The third-order valence-corrected chi connectivity index (χ3v) is 12.0. The standard InChI is InChI=1S/C31H34F3N4O3P/c1-4-42(3,40)21-12-13-23(26(14-21)41-31(32,33)34)29-35-27(28(37(29)2)18-8-9-18)22-6-5-7-25-24(22)17-38(36-25)20-15-30(39,16-20)19-10-11-19/h5-7,12-14,17-20,39H,4,8-11,15-16H2,1-3H3. The Morgan fingerprint density at radius 2 is 1.86 bits per heavy atom. The highest BCUT2D eigenvalue weighted by Crippen LogP contribution is 2.55. The molecule has 3 aliphatic carbocycles. The van der Waals surface area contributed by atoms with Gasteiger partial charge >= 0.3 is 6.36 Å². The second kappa shape index (κ2) is 9.45. The van der Waals surface area contributed by atoms with Crippen LogP contribution in [0.4, 0.5) is 13.2 Å². The van der Waals surface area contributed by atoms with Crippen LogP contribution in [-0.2, 0) is 11.6 Å². The minimum Gasteiger partial charge on any atom is -0.405 e. The molecule has 0 bridgehead atoms. The monoisotopic (exact) mass is 598 g/mol. The third-order valence-electron chi connectivity index (χ3n) is 9.40. The Kier molecular flexibility index (Phi) is 6.24. The number of nitrogens with zero attached hydrogens (tertiary/aromatic N) is 4. The number of imidazole rings is 1. The number of hydrogen-bond acceptors (Lipinski definition) is 5. The highest BCUT2D eigenvalue weighted by Gasteiger charge is 2.53. The normalized spacial score (nSPS) is 24.0. The maximum atomic E-state index is 13.6. The first-order valence-corrected chi connectivity index (χ1v) is 17.0. The summed E-state index contributed by atoms with van der Waals surface area (Å²) < 4.78 is 62.1. The number of ether oxygens (including phenoxy) is 1. The third kappa shape index (κ3) is 4.77. The number of aliphatic hydroxyl groups is 1. The largest absolute Gasteiger partial charge is 0.573 e. The summed E-state index contributed by atoms with van der Waals surface area (Å²) in [5, 5.41) is 17.0. The molecule has 3 aliphatic rings. The van der Waals surface area contributed by atoms with Crippen LogP contribution in [0.2, 0.25) is 0 Å². The van der Waals surface area contributed by atoms with Crippen LogP contribution in [-0.4, -0.2) is 49.2 Å². The molecule has 2 aromatic heterocycles. The maximum Gasteiger partial charge on any atom is 0.573 e. The fourth-order valence-electron chi connectivity index (χ4n) is 6.51. The molecule has 42 heavy (non-hydrogen) atoms. The predicted octanol–water partition coefficient (Wildman–Crippen LogP) is 6.99. The van der Waals surface area contributed by atoms with Gasteiger partial charge in [0.25, 0.3) is 0 Å². The van der Waals surface area contributed by atoms with Gasteiger partial charge < -0.3 is 19.0 Å². The van der Waals surface area contributed by atoms with Crippen molar-refractivity contribution in [3.63, 3.8) is 0 Å². The zero-order valence-electron chi connectivity index (χ0n) is 23.9. The molecule has 1 N–H and O–H groups in total. The summed E-state index contributed by atoms with van der Waals surface area (Å²) in [5.74, 6) is 0.613. The van der Waals surface area contributed by atoms with E-state index >= 15 is 0 Å². The Hall–Kier alpha value is -3.10.